The SMILES string of the molecule is CCN(CC(=O)Nc1ccccc1C(F)(F)F)C(=O)CSc1ccccn1. The van der Waals surface area contributed by atoms with E-state index in [4.69, 9.17) is 0 Å². The smallest absolute Gasteiger partial charge is 0.333 e. The summed E-state index contributed by atoms with van der Waals surface area (Å²) >= 11 is 1.23. The van der Waals surface area contributed by atoms with Gasteiger partial charge in [0.05, 0.1) is 28.6 Å². The quantitative estimate of drug-likeness (QED) is 0.724. The Morgan fingerprint density at radius 2 is 1.85 bits per heavy atom. The molecule has 0 bridgehead atoms. The van der Waals surface area contributed by atoms with E-state index < -0.39 is 17.6 Å². The molecule has 9 heteroatoms. The molecule has 0 radical (unpaired) electrons. The molecule has 0 spiro atoms. The molecule has 0 fully saturated rings. The lowest BCUT2D eigenvalue weighted by Crippen LogP contribution is -2.39. The van der Waals surface area contributed by atoms with Crippen LogP contribution in [0.15, 0.2) is 53.7 Å². The van der Waals surface area contributed by atoms with Crippen LogP contribution in [-0.2, 0) is 15.8 Å². The third kappa shape index (κ3) is 6.28. The third-order valence-electron chi connectivity index (χ3n) is 3.56. The molecule has 0 atom stereocenters. The third-order valence-corrected chi connectivity index (χ3v) is 4.49. The highest BCUT2D eigenvalue weighted by Gasteiger charge is 2.33. The molecule has 2 aromatic rings. The number of hydrogen-bond donors (Lipinski definition) is 1. The van der Waals surface area contributed by atoms with Crippen molar-refractivity contribution in [3.63, 3.8) is 0 Å². The van der Waals surface area contributed by atoms with E-state index in [1.165, 1.54) is 34.9 Å². The number of amides is 2. The number of alkyl halides is 3. The molecule has 27 heavy (non-hydrogen) atoms. The van der Waals surface area contributed by atoms with E-state index in [2.05, 4.69) is 10.3 Å². The molecular formula is C18H18F3N3O2S. The van der Waals surface area contributed by atoms with Gasteiger partial charge in [-0.25, -0.2) is 4.98 Å². The molecular weight excluding hydrogens is 379 g/mol. The maximum atomic E-state index is 13.0. The van der Waals surface area contributed by atoms with Gasteiger partial charge in [0.15, 0.2) is 0 Å². The number of aromatic nitrogens is 1. The number of carbonyl (C=O) groups excluding carboxylic acids is 2. The lowest BCUT2D eigenvalue weighted by molar-refractivity contribution is -0.137. The number of carbonyl (C=O) groups is 2. The van der Waals surface area contributed by atoms with Crippen molar-refractivity contribution in [1.29, 1.82) is 0 Å². The highest BCUT2D eigenvalue weighted by Crippen LogP contribution is 2.34. The largest absolute Gasteiger partial charge is 0.418 e. The summed E-state index contributed by atoms with van der Waals surface area (Å²) in [6, 6.07) is 10.0. The summed E-state index contributed by atoms with van der Waals surface area (Å²) in [7, 11) is 0. The highest BCUT2D eigenvalue weighted by atomic mass is 32.2. The summed E-state index contributed by atoms with van der Waals surface area (Å²) in [6.45, 7) is 1.63. The van der Waals surface area contributed by atoms with Crippen molar-refractivity contribution in [3.8, 4) is 0 Å². The lowest BCUT2D eigenvalue weighted by atomic mass is 10.1. The van der Waals surface area contributed by atoms with Gasteiger partial charge in [-0.1, -0.05) is 30.0 Å². The Bertz CT molecular complexity index is 785. The fourth-order valence-corrected chi connectivity index (χ4v) is 3.00. The van der Waals surface area contributed by atoms with Gasteiger partial charge in [-0.05, 0) is 31.2 Å². The maximum Gasteiger partial charge on any atom is 0.418 e. The molecule has 0 unspecified atom stereocenters. The Hall–Kier alpha value is -2.55. The first kappa shape index (κ1) is 20.8. The summed E-state index contributed by atoms with van der Waals surface area (Å²) in [5, 5.41) is 2.91. The van der Waals surface area contributed by atoms with E-state index >= 15 is 0 Å². The first-order valence-corrected chi connectivity index (χ1v) is 9.07. The van der Waals surface area contributed by atoms with Crippen LogP contribution in [0.25, 0.3) is 0 Å². The minimum atomic E-state index is -4.58. The van der Waals surface area contributed by atoms with Gasteiger partial charge in [0.25, 0.3) is 0 Å². The van der Waals surface area contributed by atoms with Crippen molar-refractivity contribution in [3.05, 3.63) is 54.2 Å². The van der Waals surface area contributed by atoms with Gasteiger partial charge < -0.3 is 10.2 Å². The second kappa shape index (κ2) is 9.40. The van der Waals surface area contributed by atoms with Crippen LogP contribution in [0.4, 0.5) is 18.9 Å². The number of likely N-dealkylation sites (N-methyl/N-ethyl adjacent to an activating group) is 1. The fraction of sp³-hybridized carbons (Fsp3) is 0.278. The summed E-state index contributed by atoms with van der Waals surface area (Å²) in [6.07, 6.45) is -2.97. The molecule has 1 N–H and O–H groups in total. The summed E-state index contributed by atoms with van der Waals surface area (Å²) in [5.74, 6) is -0.908. The maximum absolute atomic E-state index is 13.0. The van der Waals surface area contributed by atoms with Crippen LogP contribution in [0, 0.1) is 0 Å². The van der Waals surface area contributed by atoms with E-state index in [-0.39, 0.29) is 30.4 Å². The van der Waals surface area contributed by atoms with Crippen molar-refractivity contribution in [2.45, 2.75) is 18.1 Å². The van der Waals surface area contributed by atoms with E-state index in [1.807, 2.05) is 0 Å². The Morgan fingerprint density at radius 3 is 2.48 bits per heavy atom. The normalized spacial score (nSPS) is 11.1. The number of nitrogens with zero attached hydrogens (tertiary/aromatic N) is 2. The van der Waals surface area contributed by atoms with Crippen LogP contribution >= 0.6 is 11.8 Å². The van der Waals surface area contributed by atoms with Crippen molar-refractivity contribution >= 4 is 29.3 Å². The number of nitrogens with one attached hydrogen (secondary N) is 1. The van der Waals surface area contributed by atoms with E-state index in [0.29, 0.717) is 5.03 Å². The zero-order valence-electron chi connectivity index (χ0n) is 14.5. The van der Waals surface area contributed by atoms with Crippen LogP contribution in [0.3, 0.4) is 0 Å². The average Bonchev–Trinajstić information content (AvgIpc) is 2.64. The van der Waals surface area contributed by atoms with E-state index in [9.17, 15) is 22.8 Å². The number of rotatable bonds is 7. The van der Waals surface area contributed by atoms with Crippen LogP contribution in [0.1, 0.15) is 12.5 Å². The molecule has 1 aromatic heterocycles. The van der Waals surface area contributed by atoms with Gasteiger partial charge in [0, 0.05) is 12.7 Å². The lowest BCUT2D eigenvalue weighted by Gasteiger charge is -2.21. The van der Waals surface area contributed by atoms with Crippen molar-refractivity contribution in [2.24, 2.45) is 0 Å². The van der Waals surface area contributed by atoms with Gasteiger partial charge in [-0.2, -0.15) is 13.2 Å². The Morgan fingerprint density at radius 1 is 1.15 bits per heavy atom. The Balaban J connectivity index is 1.96. The standard InChI is InChI=1S/C18H18F3N3O2S/c1-2-24(17(26)12-27-16-9-5-6-10-22-16)11-15(25)23-14-8-4-3-7-13(14)18(19,20)21/h3-10H,2,11-12H2,1H3,(H,23,25). The molecule has 1 heterocycles. The predicted molar refractivity (Wildman–Crippen MR) is 97.3 cm³/mol. The summed E-state index contributed by atoms with van der Waals surface area (Å²) < 4.78 is 39.0. The molecule has 2 rings (SSSR count). The molecule has 0 aliphatic carbocycles. The summed E-state index contributed by atoms with van der Waals surface area (Å²) in [5.41, 5.74) is -1.26. The Labute approximate surface area is 159 Å². The van der Waals surface area contributed by atoms with Crippen LogP contribution < -0.4 is 5.32 Å². The zero-order valence-corrected chi connectivity index (χ0v) is 15.3. The molecule has 144 valence electrons. The number of benzene rings is 1. The molecule has 0 aliphatic heterocycles. The highest BCUT2D eigenvalue weighted by molar-refractivity contribution is 7.99. The fourth-order valence-electron chi connectivity index (χ4n) is 2.24. The number of halogens is 3. The minimum absolute atomic E-state index is 0.0806. The molecule has 0 aliphatic rings. The van der Waals surface area contributed by atoms with Gasteiger partial charge >= 0.3 is 6.18 Å². The second-order valence-electron chi connectivity index (χ2n) is 5.46. The molecule has 2 amide bonds. The van der Waals surface area contributed by atoms with Gasteiger partial charge in [-0.3, -0.25) is 9.59 Å². The molecule has 0 saturated heterocycles. The first-order chi connectivity index (χ1) is 12.8. The van der Waals surface area contributed by atoms with Gasteiger partial charge in [-0.15, -0.1) is 0 Å². The molecule has 1 aromatic carbocycles. The Kier molecular flexibility index (Phi) is 7.23. The number of thioether (sulfide) groups is 1. The van der Waals surface area contributed by atoms with Gasteiger partial charge in [0.2, 0.25) is 11.8 Å². The van der Waals surface area contributed by atoms with Crippen LogP contribution in [0.5, 0.6) is 0 Å². The second-order valence-corrected chi connectivity index (χ2v) is 6.45. The van der Waals surface area contributed by atoms with Crippen LogP contribution in [-0.4, -0.2) is 40.5 Å². The topological polar surface area (TPSA) is 62.3 Å². The average molecular weight is 397 g/mol. The minimum Gasteiger partial charge on any atom is -0.333 e. The monoisotopic (exact) mass is 397 g/mol. The zero-order chi connectivity index (χ0) is 19.9. The first-order valence-electron chi connectivity index (χ1n) is 8.09. The number of hydrogen-bond acceptors (Lipinski definition) is 4. The van der Waals surface area contributed by atoms with Crippen molar-refractivity contribution < 1.29 is 22.8 Å². The van der Waals surface area contributed by atoms with Crippen molar-refractivity contribution in [1.82, 2.24) is 9.88 Å². The summed E-state index contributed by atoms with van der Waals surface area (Å²) in [4.78, 5) is 29.8. The molecule has 5 nitrogen and oxygen atoms in total. The van der Waals surface area contributed by atoms with E-state index in [1.54, 1.807) is 31.3 Å². The van der Waals surface area contributed by atoms with Gasteiger partial charge in [0.1, 0.15) is 0 Å². The number of anilines is 1. The molecule has 0 saturated carbocycles. The number of para-hydroxylation sites is 1. The van der Waals surface area contributed by atoms with Crippen LogP contribution in [0.2, 0.25) is 0 Å². The van der Waals surface area contributed by atoms with Crippen molar-refractivity contribution in [2.75, 3.05) is 24.2 Å². The predicted octanol–water partition coefficient (Wildman–Crippen LogP) is 3.68. The van der Waals surface area contributed by atoms with E-state index in [0.717, 1.165) is 6.07 Å². The number of pyridine rings is 1.